The first kappa shape index (κ1) is 30.7. The summed E-state index contributed by atoms with van der Waals surface area (Å²) in [7, 11) is 2.91. The number of phenols is 1. The quantitative estimate of drug-likeness (QED) is 0.166. The lowest BCUT2D eigenvalue weighted by Crippen LogP contribution is -2.37. The van der Waals surface area contributed by atoms with Crippen molar-refractivity contribution in [2.75, 3.05) is 38.3 Å². The van der Waals surface area contributed by atoms with E-state index in [-0.39, 0.29) is 54.5 Å². The van der Waals surface area contributed by atoms with Crippen LogP contribution in [0.4, 0.5) is 11.4 Å². The van der Waals surface area contributed by atoms with Gasteiger partial charge in [0.05, 0.1) is 32.8 Å². The topological polar surface area (TPSA) is 151 Å². The normalized spacial score (nSPS) is 20.2. The van der Waals surface area contributed by atoms with Crippen molar-refractivity contribution >= 4 is 29.2 Å². The number of carbonyl (C=O) groups is 3. The Morgan fingerprint density at radius 1 is 0.833 bits per heavy atom. The molecule has 1 amide bonds. The predicted molar refractivity (Wildman–Crippen MR) is 172 cm³/mol. The number of methoxy groups -OCH3 is 2. The third kappa shape index (κ3) is 5.55. The molecular formula is C36H32N2O10. The van der Waals surface area contributed by atoms with Crippen molar-refractivity contribution in [2.24, 2.45) is 11.8 Å². The van der Waals surface area contributed by atoms with Crippen molar-refractivity contribution in [3.05, 3.63) is 95.1 Å². The molecule has 4 aromatic carbocycles. The number of carbonyl (C=O) groups excluding carboxylic acids is 3. The zero-order chi connectivity index (χ0) is 33.5. The predicted octanol–water partition coefficient (Wildman–Crippen LogP) is 5.40. The summed E-state index contributed by atoms with van der Waals surface area (Å²) in [5.41, 5.74) is 4.21. The van der Waals surface area contributed by atoms with Gasteiger partial charge in [0.1, 0.15) is 5.75 Å². The van der Waals surface area contributed by atoms with Crippen molar-refractivity contribution in [1.82, 2.24) is 0 Å². The summed E-state index contributed by atoms with van der Waals surface area (Å²) in [5.74, 6) is -0.547. The van der Waals surface area contributed by atoms with E-state index in [9.17, 15) is 19.5 Å². The molecule has 3 N–H and O–H groups in total. The molecule has 0 radical (unpaired) electrons. The summed E-state index contributed by atoms with van der Waals surface area (Å²) in [6.07, 6.45) is 0. The number of nitrogens with one attached hydrogen (secondary N) is 2. The molecule has 12 heteroatoms. The van der Waals surface area contributed by atoms with Gasteiger partial charge in [-0.3, -0.25) is 14.4 Å². The molecule has 1 aliphatic carbocycles. The average molecular weight is 653 g/mol. The maximum atomic E-state index is 13.5. The average Bonchev–Trinajstić information content (AvgIpc) is 3.71. The van der Waals surface area contributed by atoms with E-state index in [1.54, 1.807) is 48.5 Å². The number of anilines is 2. The highest BCUT2D eigenvalue weighted by atomic mass is 16.7. The van der Waals surface area contributed by atoms with E-state index in [0.29, 0.717) is 28.5 Å². The SMILES string of the molecule is COc1cc([C@@H]2c3cc4c(cc3[C@@H](Nc3ccc(NC(=O)c5ccc(OC(C)=O)cc5)cc3)[C@H]3COC(=O)[C@H]23)OCO4)cc(OC)c1O. The van der Waals surface area contributed by atoms with Crippen molar-refractivity contribution in [3.8, 4) is 34.5 Å². The molecule has 4 atom stereocenters. The number of hydrogen-bond donors (Lipinski definition) is 3. The number of esters is 2. The Kier molecular flexibility index (Phi) is 7.91. The maximum Gasteiger partial charge on any atom is 0.310 e. The van der Waals surface area contributed by atoms with E-state index in [4.69, 9.17) is 28.4 Å². The van der Waals surface area contributed by atoms with Gasteiger partial charge in [-0.2, -0.15) is 0 Å². The number of ether oxygens (including phenoxy) is 6. The number of cyclic esters (lactones) is 1. The minimum atomic E-state index is -0.569. The molecule has 12 nitrogen and oxygen atoms in total. The first-order valence-corrected chi connectivity index (χ1v) is 15.3. The van der Waals surface area contributed by atoms with Crippen LogP contribution in [0.1, 0.15) is 45.9 Å². The number of benzene rings is 4. The zero-order valence-electron chi connectivity index (χ0n) is 26.3. The molecule has 7 rings (SSSR count). The smallest absolute Gasteiger partial charge is 0.310 e. The van der Waals surface area contributed by atoms with Gasteiger partial charge in [-0.25, -0.2) is 0 Å². The number of hydrogen-bond acceptors (Lipinski definition) is 11. The van der Waals surface area contributed by atoms with Gasteiger partial charge < -0.3 is 44.2 Å². The molecule has 0 aromatic heterocycles. The van der Waals surface area contributed by atoms with Gasteiger partial charge in [0, 0.05) is 35.7 Å². The van der Waals surface area contributed by atoms with Crippen molar-refractivity contribution in [1.29, 1.82) is 0 Å². The summed E-state index contributed by atoms with van der Waals surface area (Å²) < 4.78 is 33.1. The first-order valence-electron chi connectivity index (χ1n) is 15.3. The van der Waals surface area contributed by atoms with Crippen LogP contribution in [0.25, 0.3) is 0 Å². The summed E-state index contributed by atoms with van der Waals surface area (Å²) in [6.45, 7) is 1.59. The Hall–Kier alpha value is -5.91. The Labute approximate surface area is 275 Å². The Bertz CT molecular complexity index is 1880. The fourth-order valence-corrected chi connectivity index (χ4v) is 6.71. The van der Waals surface area contributed by atoms with Crippen LogP contribution in [0.2, 0.25) is 0 Å². The van der Waals surface area contributed by atoms with Crippen LogP contribution in [-0.2, 0) is 14.3 Å². The van der Waals surface area contributed by atoms with E-state index in [1.807, 2.05) is 24.3 Å². The molecule has 4 aromatic rings. The van der Waals surface area contributed by atoms with Gasteiger partial charge in [0.2, 0.25) is 12.5 Å². The van der Waals surface area contributed by atoms with Gasteiger partial charge in [-0.1, -0.05) is 0 Å². The highest BCUT2D eigenvalue weighted by Crippen LogP contribution is 2.56. The highest BCUT2D eigenvalue weighted by Gasteiger charge is 2.52. The van der Waals surface area contributed by atoms with Gasteiger partial charge in [0.25, 0.3) is 5.91 Å². The molecular weight excluding hydrogens is 620 g/mol. The number of amides is 1. The molecule has 2 aliphatic heterocycles. The molecule has 0 unspecified atom stereocenters. The summed E-state index contributed by atoms with van der Waals surface area (Å²) in [4.78, 5) is 37.5. The molecule has 2 heterocycles. The zero-order valence-corrected chi connectivity index (χ0v) is 26.3. The second-order valence-corrected chi connectivity index (χ2v) is 11.7. The lowest BCUT2D eigenvalue weighted by Gasteiger charge is -2.40. The molecule has 0 spiro atoms. The number of rotatable bonds is 8. The molecule has 246 valence electrons. The second kappa shape index (κ2) is 12.4. The molecule has 0 saturated carbocycles. The van der Waals surface area contributed by atoms with Crippen LogP contribution in [-0.4, -0.2) is 50.6 Å². The first-order chi connectivity index (χ1) is 23.2. The van der Waals surface area contributed by atoms with Gasteiger partial charge >= 0.3 is 11.9 Å². The third-order valence-electron chi connectivity index (χ3n) is 8.89. The van der Waals surface area contributed by atoms with Crippen LogP contribution in [0.5, 0.6) is 34.5 Å². The lowest BCUT2D eigenvalue weighted by atomic mass is 9.65. The van der Waals surface area contributed by atoms with Crippen molar-refractivity contribution < 1.29 is 47.9 Å². The Morgan fingerprint density at radius 3 is 2.08 bits per heavy atom. The number of aromatic hydroxyl groups is 1. The van der Waals surface area contributed by atoms with Gasteiger partial charge in [-0.15, -0.1) is 0 Å². The molecule has 1 fully saturated rings. The molecule has 3 aliphatic rings. The Balaban J connectivity index is 1.19. The fraction of sp³-hybridized carbons (Fsp3) is 0.250. The van der Waals surface area contributed by atoms with E-state index in [2.05, 4.69) is 10.6 Å². The van der Waals surface area contributed by atoms with Gasteiger partial charge in [-0.05, 0) is 89.5 Å². The van der Waals surface area contributed by atoms with Crippen LogP contribution in [0.3, 0.4) is 0 Å². The Morgan fingerprint density at radius 2 is 1.46 bits per heavy atom. The molecule has 0 bridgehead atoms. The minimum Gasteiger partial charge on any atom is -0.502 e. The van der Waals surface area contributed by atoms with Gasteiger partial charge in [0.15, 0.2) is 23.0 Å². The third-order valence-corrected chi connectivity index (χ3v) is 8.89. The largest absolute Gasteiger partial charge is 0.502 e. The summed E-state index contributed by atoms with van der Waals surface area (Å²) in [5, 5.41) is 17.1. The number of fused-ring (bicyclic) bond motifs is 3. The summed E-state index contributed by atoms with van der Waals surface area (Å²) >= 11 is 0. The van der Waals surface area contributed by atoms with E-state index in [0.717, 1.165) is 22.4 Å². The van der Waals surface area contributed by atoms with E-state index in [1.165, 1.54) is 21.1 Å². The van der Waals surface area contributed by atoms with Crippen LogP contribution in [0, 0.1) is 11.8 Å². The maximum absolute atomic E-state index is 13.5. The van der Waals surface area contributed by atoms with Crippen LogP contribution in [0.15, 0.2) is 72.8 Å². The fourth-order valence-electron chi connectivity index (χ4n) is 6.71. The van der Waals surface area contributed by atoms with Crippen LogP contribution >= 0.6 is 0 Å². The molecule has 1 saturated heterocycles. The standard InChI is InChI=1S/C36H32N2O10/c1-18(39)48-23-10-4-19(5-11-23)35(41)38-22-8-6-21(7-9-22)37-33-25-15-28-27(46-17-47-28)14-24(25)31(32-26(33)16-45-36(32)42)20-12-29(43-2)34(40)30(13-20)44-3/h4-15,26,31-33,37,40H,16-17H2,1-3H3,(H,38,41)/t26-,31+,32-,33+/m0/s1. The summed E-state index contributed by atoms with van der Waals surface area (Å²) in [6, 6.07) is 20.5. The number of phenolic OH excluding ortho intramolecular Hbond substituents is 1. The van der Waals surface area contributed by atoms with Crippen molar-refractivity contribution in [3.63, 3.8) is 0 Å². The van der Waals surface area contributed by atoms with Crippen LogP contribution < -0.4 is 34.3 Å². The molecule has 48 heavy (non-hydrogen) atoms. The monoisotopic (exact) mass is 652 g/mol. The highest BCUT2D eigenvalue weighted by molar-refractivity contribution is 6.04. The van der Waals surface area contributed by atoms with E-state index < -0.39 is 17.8 Å². The minimum absolute atomic E-state index is 0.0836. The lowest BCUT2D eigenvalue weighted by molar-refractivity contribution is -0.141. The second-order valence-electron chi connectivity index (χ2n) is 11.7. The van der Waals surface area contributed by atoms with Crippen molar-refractivity contribution in [2.45, 2.75) is 18.9 Å². The van der Waals surface area contributed by atoms with E-state index >= 15 is 0 Å².